The highest BCUT2D eigenvalue weighted by Gasteiger charge is 2.17. The van der Waals surface area contributed by atoms with Crippen LogP contribution in [0.5, 0.6) is 0 Å². The number of pyridine rings is 1. The quantitative estimate of drug-likeness (QED) is 0.552. The van der Waals surface area contributed by atoms with Gasteiger partial charge in [0.05, 0.1) is 11.6 Å². The Morgan fingerprint density at radius 3 is 2.81 bits per heavy atom. The summed E-state index contributed by atoms with van der Waals surface area (Å²) in [7, 11) is 0. The molecule has 6 heteroatoms. The summed E-state index contributed by atoms with van der Waals surface area (Å²) in [6.07, 6.45) is 0.895. The number of halogens is 1. The standard InChI is InChI=1S/C20H19ClN2O3/c21-16-7-3-6-15(18(24)9-4-10-22-20(25)26)19(16)14-11-13-5-1-2-8-17(13)23-12-14/h1-3,5-8,11-12,18,22,24H,4,9-10H2,(H,25,26). The lowest BCUT2D eigenvalue weighted by Crippen LogP contribution is -2.22. The molecule has 0 bridgehead atoms. The second kappa shape index (κ2) is 8.17. The molecule has 1 aromatic heterocycles. The van der Waals surface area contributed by atoms with Crippen LogP contribution in [0.25, 0.3) is 22.0 Å². The molecule has 3 rings (SSSR count). The molecule has 1 unspecified atom stereocenters. The molecule has 1 amide bonds. The second-order valence-corrected chi connectivity index (χ2v) is 6.42. The molecule has 3 aromatic rings. The van der Waals surface area contributed by atoms with E-state index >= 15 is 0 Å². The van der Waals surface area contributed by atoms with Crippen molar-refractivity contribution in [1.29, 1.82) is 0 Å². The first-order valence-electron chi connectivity index (χ1n) is 8.34. The van der Waals surface area contributed by atoms with Crippen LogP contribution < -0.4 is 5.32 Å². The fourth-order valence-corrected chi connectivity index (χ4v) is 3.27. The van der Waals surface area contributed by atoms with Gasteiger partial charge in [-0.15, -0.1) is 0 Å². The van der Waals surface area contributed by atoms with Crippen LogP contribution in [0.4, 0.5) is 4.79 Å². The SMILES string of the molecule is O=C(O)NCCCC(O)c1cccc(Cl)c1-c1cnc2ccccc2c1. The predicted octanol–water partition coefficient (Wildman–Crippen LogP) is 4.64. The van der Waals surface area contributed by atoms with E-state index in [2.05, 4.69) is 10.3 Å². The Morgan fingerprint density at radius 2 is 2.00 bits per heavy atom. The summed E-state index contributed by atoms with van der Waals surface area (Å²) in [5, 5.41) is 23.1. The van der Waals surface area contributed by atoms with Crippen molar-refractivity contribution < 1.29 is 15.0 Å². The fourth-order valence-electron chi connectivity index (χ4n) is 2.98. The Morgan fingerprint density at radius 1 is 1.19 bits per heavy atom. The fraction of sp³-hybridized carbons (Fsp3) is 0.200. The zero-order valence-electron chi connectivity index (χ0n) is 14.0. The summed E-state index contributed by atoms with van der Waals surface area (Å²) in [4.78, 5) is 15.0. The van der Waals surface area contributed by atoms with Crippen molar-refractivity contribution in [2.75, 3.05) is 6.54 Å². The number of fused-ring (bicyclic) bond motifs is 1. The maximum absolute atomic E-state index is 10.6. The van der Waals surface area contributed by atoms with Crippen LogP contribution in [-0.2, 0) is 0 Å². The zero-order valence-corrected chi connectivity index (χ0v) is 14.8. The maximum Gasteiger partial charge on any atom is 0.404 e. The van der Waals surface area contributed by atoms with Crippen molar-refractivity contribution in [2.24, 2.45) is 0 Å². The normalized spacial score (nSPS) is 12.1. The van der Waals surface area contributed by atoms with Crippen LogP contribution in [0.3, 0.4) is 0 Å². The molecule has 1 heterocycles. The molecule has 2 aromatic carbocycles. The Kier molecular flexibility index (Phi) is 5.71. The second-order valence-electron chi connectivity index (χ2n) is 6.01. The number of aliphatic hydroxyl groups is 1. The van der Waals surface area contributed by atoms with Gasteiger partial charge in [-0.2, -0.15) is 0 Å². The third-order valence-electron chi connectivity index (χ3n) is 4.21. The lowest BCUT2D eigenvalue weighted by Gasteiger charge is -2.17. The van der Waals surface area contributed by atoms with Gasteiger partial charge in [-0.05, 0) is 36.6 Å². The molecule has 0 saturated carbocycles. The van der Waals surface area contributed by atoms with E-state index in [0.29, 0.717) is 30.0 Å². The van der Waals surface area contributed by atoms with E-state index in [4.69, 9.17) is 16.7 Å². The van der Waals surface area contributed by atoms with Crippen molar-refractivity contribution >= 4 is 28.6 Å². The molecular weight excluding hydrogens is 352 g/mol. The van der Waals surface area contributed by atoms with Gasteiger partial charge in [0.15, 0.2) is 0 Å². The molecule has 0 spiro atoms. The van der Waals surface area contributed by atoms with Crippen LogP contribution in [-0.4, -0.2) is 27.8 Å². The number of nitrogens with zero attached hydrogens (tertiary/aromatic N) is 1. The third kappa shape index (κ3) is 4.12. The minimum atomic E-state index is -1.06. The summed E-state index contributed by atoms with van der Waals surface area (Å²) < 4.78 is 0. The first-order chi connectivity index (χ1) is 12.6. The van der Waals surface area contributed by atoms with Crippen molar-refractivity contribution in [3.8, 4) is 11.1 Å². The summed E-state index contributed by atoms with van der Waals surface area (Å²) in [6.45, 7) is 0.291. The van der Waals surface area contributed by atoms with Crippen molar-refractivity contribution in [2.45, 2.75) is 18.9 Å². The van der Waals surface area contributed by atoms with Gasteiger partial charge in [0.1, 0.15) is 0 Å². The first kappa shape index (κ1) is 18.2. The van der Waals surface area contributed by atoms with Gasteiger partial charge in [0, 0.05) is 34.3 Å². The van der Waals surface area contributed by atoms with E-state index in [1.54, 1.807) is 18.3 Å². The average Bonchev–Trinajstić information content (AvgIpc) is 2.64. The first-order valence-corrected chi connectivity index (χ1v) is 8.72. The molecule has 134 valence electrons. The minimum absolute atomic E-state index is 0.291. The topological polar surface area (TPSA) is 82.5 Å². The minimum Gasteiger partial charge on any atom is -0.465 e. The zero-order chi connectivity index (χ0) is 18.5. The molecule has 0 saturated heterocycles. The highest BCUT2D eigenvalue weighted by atomic mass is 35.5. The number of carbonyl (C=O) groups is 1. The Hall–Kier alpha value is -2.63. The lowest BCUT2D eigenvalue weighted by molar-refractivity contribution is 0.163. The van der Waals surface area contributed by atoms with E-state index in [9.17, 15) is 9.90 Å². The lowest BCUT2D eigenvalue weighted by atomic mass is 9.94. The van der Waals surface area contributed by atoms with Gasteiger partial charge >= 0.3 is 6.09 Å². The average molecular weight is 371 g/mol. The van der Waals surface area contributed by atoms with E-state index in [0.717, 1.165) is 22.0 Å². The maximum atomic E-state index is 10.6. The number of aliphatic hydroxyl groups excluding tert-OH is 1. The van der Waals surface area contributed by atoms with E-state index in [-0.39, 0.29) is 0 Å². The number of para-hydroxylation sites is 1. The van der Waals surface area contributed by atoms with Gasteiger partial charge in [-0.25, -0.2) is 4.79 Å². The molecule has 1 atom stereocenters. The van der Waals surface area contributed by atoms with Gasteiger partial charge in [0.2, 0.25) is 0 Å². The van der Waals surface area contributed by atoms with Crippen molar-refractivity contribution in [1.82, 2.24) is 10.3 Å². The number of rotatable bonds is 6. The van der Waals surface area contributed by atoms with Crippen molar-refractivity contribution in [3.63, 3.8) is 0 Å². The monoisotopic (exact) mass is 370 g/mol. The predicted molar refractivity (Wildman–Crippen MR) is 102 cm³/mol. The van der Waals surface area contributed by atoms with Crippen LogP contribution in [0.2, 0.25) is 5.02 Å². The smallest absolute Gasteiger partial charge is 0.404 e. The molecule has 3 N–H and O–H groups in total. The molecule has 0 aliphatic heterocycles. The van der Waals surface area contributed by atoms with Crippen molar-refractivity contribution in [3.05, 3.63) is 65.3 Å². The largest absolute Gasteiger partial charge is 0.465 e. The van der Waals surface area contributed by atoms with Crippen LogP contribution in [0.1, 0.15) is 24.5 Å². The Labute approximate surface area is 156 Å². The molecule has 5 nitrogen and oxygen atoms in total. The van der Waals surface area contributed by atoms with Crippen LogP contribution in [0.15, 0.2) is 54.7 Å². The highest BCUT2D eigenvalue weighted by molar-refractivity contribution is 6.33. The van der Waals surface area contributed by atoms with Crippen LogP contribution in [0, 0.1) is 0 Å². The summed E-state index contributed by atoms with van der Waals surface area (Å²) >= 11 is 6.43. The van der Waals surface area contributed by atoms with E-state index in [1.165, 1.54) is 0 Å². The molecule has 0 fully saturated rings. The highest BCUT2D eigenvalue weighted by Crippen LogP contribution is 2.36. The molecule has 0 aliphatic carbocycles. The van der Waals surface area contributed by atoms with E-state index < -0.39 is 12.2 Å². The molecular formula is C20H19ClN2O3. The summed E-state index contributed by atoms with van der Waals surface area (Å²) in [6, 6.07) is 15.2. The van der Waals surface area contributed by atoms with Gasteiger partial charge in [-0.1, -0.05) is 41.9 Å². The molecule has 26 heavy (non-hydrogen) atoms. The number of hydrogen-bond acceptors (Lipinski definition) is 3. The van der Waals surface area contributed by atoms with Crippen LogP contribution >= 0.6 is 11.6 Å². The number of nitrogens with one attached hydrogen (secondary N) is 1. The van der Waals surface area contributed by atoms with Gasteiger partial charge in [0.25, 0.3) is 0 Å². The third-order valence-corrected chi connectivity index (χ3v) is 4.53. The Bertz CT molecular complexity index is 930. The number of hydrogen-bond donors (Lipinski definition) is 3. The summed E-state index contributed by atoms with van der Waals surface area (Å²) in [5.41, 5.74) is 3.20. The molecule has 0 aliphatic rings. The number of aromatic nitrogens is 1. The Balaban J connectivity index is 1.90. The van der Waals surface area contributed by atoms with E-state index in [1.807, 2.05) is 36.4 Å². The number of carboxylic acid groups (broad SMARTS) is 1. The van der Waals surface area contributed by atoms with Gasteiger partial charge in [-0.3, -0.25) is 4.98 Å². The number of amides is 1. The summed E-state index contributed by atoms with van der Waals surface area (Å²) in [5.74, 6) is 0. The number of benzene rings is 2. The molecule has 0 radical (unpaired) electrons. The van der Waals surface area contributed by atoms with Gasteiger partial charge < -0.3 is 15.5 Å².